The van der Waals surface area contributed by atoms with E-state index in [-0.39, 0.29) is 4.87 Å². The molecule has 0 rings (SSSR count). The number of hydrogen-bond acceptors (Lipinski definition) is 0. The van der Waals surface area contributed by atoms with E-state index in [0.717, 1.165) is 12.8 Å². The summed E-state index contributed by atoms with van der Waals surface area (Å²) in [6, 6.07) is 0. The maximum absolute atomic E-state index is 5.88. The van der Waals surface area contributed by atoms with Crippen LogP contribution >= 0.6 is 11.6 Å². The molecule has 0 aliphatic carbocycles. The molecule has 8 heavy (non-hydrogen) atoms. The van der Waals surface area contributed by atoms with E-state index in [1.54, 1.807) is 0 Å². The number of hydrogen-bond donors (Lipinski definition) is 0. The highest BCUT2D eigenvalue weighted by atomic mass is 35.5. The molecule has 1 heteroatoms. The second-order valence-corrected chi connectivity index (χ2v) is 3.64. The highest BCUT2D eigenvalue weighted by molar-refractivity contribution is 6.23. The smallest absolute Gasteiger partial charge is 0.0393 e. The summed E-state index contributed by atoms with van der Waals surface area (Å²) in [5.41, 5.74) is 0. The van der Waals surface area contributed by atoms with Gasteiger partial charge in [-0.2, -0.15) is 0 Å². The molecule has 0 spiro atoms. The predicted octanol–water partition coefficient (Wildman–Crippen LogP) is 3.01. The van der Waals surface area contributed by atoms with Crippen molar-refractivity contribution in [2.45, 2.75) is 38.5 Å². The van der Waals surface area contributed by atoms with Crippen LogP contribution in [0.25, 0.3) is 0 Å². The van der Waals surface area contributed by atoms with Crippen LogP contribution in [0.2, 0.25) is 0 Å². The second-order valence-electron chi connectivity index (χ2n) is 2.62. The molecule has 0 N–H and O–H groups in total. The van der Waals surface area contributed by atoms with Crippen LogP contribution in [0.3, 0.4) is 0 Å². The van der Waals surface area contributed by atoms with E-state index in [4.69, 9.17) is 11.6 Å². The van der Waals surface area contributed by atoms with Crippen LogP contribution in [0, 0.1) is 6.42 Å². The van der Waals surface area contributed by atoms with Crippen LogP contribution in [0.1, 0.15) is 33.6 Å². The second kappa shape index (κ2) is 3.34. The van der Waals surface area contributed by atoms with E-state index >= 15 is 0 Å². The molecule has 0 amide bonds. The fraction of sp³-hybridized carbons (Fsp3) is 0.857. The maximum atomic E-state index is 5.88. The molecular formula is C7H14Cl. The normalized spacial score (nSPS) is 12.0. The SMILES string of the molecule is CC[CH]CC(C)(C)Cl. The topological polar surface area (TPSA) is 0 Å². The first kappa shape index (κ1) is 8.29. The van der Waals surface area contributed by atoms with Crippen LogP contribution in [0.5, 0.6) is 0 Å². The van der Waals surface area contributed by atoms with Gasteiger partial charge in [-0.3, -0.25) is 0 Å². The van der Waals surface area contributed by atoms with Crippen molar-refractivity contribution in [2.24, 2.45) is 0 Å². The van der Waals surface area contributed by atoms with Crippen molar-refractivity contribution >= 4 is 11.6 Å². The molecule has 0 aliphatic heterocycles. The van der Waals surface area contributed by atoms with Gasteiger partial charge in [-0.15, -0.1) is 11.6 Å². The summed E-state index contributed by atoms with van der Waals surface area (Å²) in [5, 5.41) is 0. The van der Waals surface area contributed by atoms with Crippen LogP contribution in [-0.4, -0.2) is 4.87 Å². The van der Waals surface area contributed by atoms with Crippen molar-refractivity contribution in [3.63, 3.8) is 0 Å². The lowest BCUT2D eigenvalue weighted by Crippen LogP contribution is -2.08. The zero-order chi connectivity index (χ0) is 6.62. The van der Waals surface area contributed by atoms with Crippen LogP contribution in [-0.2, 0) is 0 Å². The summed E-state index contributed by atoms with van der Waals surface area (Å²) in [5.74, 6) is 0. The first-order valence-electron chi connectivity index (χ1n) is 3.07. The third kappa shape index (κ3) is 6.29. The maximum Gasteiger partial charge on any atom is 0.0393 e. The van der Waals surface area contributed by atoms with Crippen molar-refractivity contribution in [1.29, 1.82) is 0 Å². The first-order valence-corrected chi connectivity index (χ1v) is 3.44. The summed E-state index contributed by atoms with van der Waals surface area (Å²) in [6.45, 7) is 6.18. The molecule has 0 aliphatic rings. The average molecular weight is 134 g/mol. The summed E-state index contributed by atoms with van der Waals surface area (Å²) in [7, 11) is 0. The Labute approximate surface area is 57.2 Å². The molecule has 0 aromatic carbocycles. The molecule has 0 nitrogen and oxygen atoms in total. The standard InChI is InChI=1S/C7H14Cl/c1-4-5-6-7(2,3)8/h5H,4,6H2,1-3H3. The molecule has 0 saturated heterocycles. The van der Waals surface area contributed by atoms with Gasteiger partial charge in [0.1, 0.15) is 0 Å². The van der Waals surface area contributed by atoms with Crippen LogP contribution in [0.4, 0.5) is 0 Å². The van der Waals surface area contributed by atoms with E-state index in [2.05, 4.69) is 13.3 Å². The number of alkyl halides is 1. The molecule has 0 fully saturated rings. The van der Waals surface area contributed by atoms with Crippen LogP contribution < -0.4 is 0 Å². The Bertz CT molecular complexity index is 51.9. The molecule has 0 heterocycles. The molecule has 0 aromatic heterocycles. The molecule has 1 radical (unpaired) electrons. The lowest BCUT2D eigenvalue weighted by atomic mass is 10.1. The van der Waals surface area contributed by atoms with E-state index in [9.17, 15) is 0 Å². The van der Waals surface area contributed by atoms with Gasteiger partial charge >= 0.3 is 0 Å². The molecule has 0 unspecified atom stereocenters. The fourth-order valence-corrected chi connectivity index (χ4v) is 0.597. The Morgan fingerprint density at radius 3 is 2.12 bits per heavy atom. The number of halogens is 1. The molecule has 0 saturated carbocycles. The lowest BCUT2D eigenvalue weighted by molar-refractivity contribution is 0.669. The van der Waals surface area contributed by atoms with Crippen molar-refractivity contribution in [3.8, 4) is 0 Å². The molecule has 0 atom stereocenters. The minimum atomic E-state index is -0.0317. The number of unbranched alkanes of at least 4 members (excludes halogenated alkanes) is 1. The minimum absolute atomic E-state index is 0.0317. The zero-order valence-corrected chi connectivity index (χ0v) is 6.63. The van der Waals surface area contributed by atoms with E-state index < -0.39 is 0 Å². The highest BCUT2D eigenvalue weighted by Gasteiger charge is 2.10. The fourth-order valence-electron chi connectivity index (χ4n) is 0.488. The molecule has 49 valence electrons. The largest absolute Gasteiger partial charge is 0.120 e. The van der Waals surface area contributed by atoms with Gasteiger partial charge in [0.15, 0.2) is 0 Å². The van der Waals surface area contributed by atoms with Crippen molar-refractivity contribution in [1.82, 2.24) is 0 Å². The third-order valence-electron chi connectivity index (χ3n) is 0.918. The van der Waals surface area contributed by atoms with Crippen molar-refractivity contribution in [3.05, 3.63) is 6.42 Å². The van der Waals surface area contributed by atoms with Gasteiger partial charge < -0.3 is 0 Å². The van der Waals surface area contributed by atoms with E-state index in [1.807, 2.05) is 13.8 Å². The van der Waals surface area contributed by atoms with Gasteiger partial charge in [-0.1, -0.05) is 13.3 Å². The molecule has 0 bridgehead atoms. The van der Waals surface area contributed by atoms with Gasteiger partial charge in [0.05, 0.1) is 0 Å². The van der Waals surface area contributed by atoms with E-state index in [0.29, 0.717) is 0 Å². The predicted molar refractivity (Wildman–Crippen MR) is 39.1 cm³/mol. The summed E-state index contributed by atoms with van der Waals surface area (Å²) in [4.78, 5) is -0.0317. The van der Waals surface area contributed by atoms with Gasteiger partial charge in [-0.05, 0) is 26.7 Å². The summed E-state index contributed by atoms with van der Waals surface area (Å²) < 4.78 is 0. The third-order valence-corrected chi connectivity index (χ3v) is 1.07. The monoisotopic (exact) mass is 133 g/mol. The van der Waals surface area contributed by atoms with Crippen LogP contribution in [0.15, 0.2) is 0 Å². The zero-order valence-electron chi connectivity index (χ0n) is 5.87. The Balaban J connectivity index is 3.11. The Morgan fingerprint density at radius 2 is 2.00 bits per heavy atom. The highest BCUT2D eigenvalue weighted by Crippen LogP contribution is 2.19. The minimum Gasteiger partial charge on any atom is -0.120 e. The van der Waals surface area contributed by atoms with E-state index in [1.165, 1.54) is 0 Å². The Hall–Kier alpha value is 0.290. The average Bonchev–Trinajstić information content (AvgIpc) is 1.59. The quantitative estimate of drug-likeness (QED) is 0.520. The Kier molecular flexibility index (Phi) is 3.46. The van der Waals surface area contributed by atoms with Gasteiger partial charge in [0.2, 0.25) is 0 Å². The first-order chi connectivity index (χ1) is 3.56. The summed E-state index contributed by atoms with van der Waals surface area (Å²) in [6.07, 6.45) is 4.33. The van der Waals surface area contributed by atoms with Crippen molar-refractivity contribution in [2.75, 3.05) is 0 Å². The Morgan fingerprint density at radius 1 is 1.50 bits per heavy atom. The number of rotatable bonds is 3. The van der Waals surface area contributed by atoms with Crippen molar-refractivity contribution < 1.29 is 0 Å². The molecule has 0 aromatic rings. The van der Waals surface area contributed by atoms with Gasteiger partial charge in [-0.25, -0.2) is 0 Å². The lowest BCUT2D eigenvalue weighted by Gasteiger charge is -2.13. The molecular weight excluding hydrogens is 120 g/mol. The van der Waals surface area contributed by atoms with Gasteiger partial charge in [0, 0.05) is 4.87 Å². The van der Waals surface area contributed by atoms with Gasteiger partial charge in [0.25, 0.3) is 0 Å². The summed E-state index contributed by atoms with van der Waals surface area (Å²) >= 11 is 5.88.